The minimum absolute atomic E-state index is 0.132. The minimum Gasteiger partial charge on any atom is -0.346 e. The number of amides is 2. The van der Waals surface area contributed by atoms with Gasteiger partial charge in [-0.05, 0) is 13.3 Å². The van der Waals surface area contributed by atoms with E-state index in [1.54, 1.807) is 4.90 Å². The van der Waals surface area contributed by atoms with E-state index in [4.69, 9.17) is 11.6 Å². The van der Waals surface area contributed by atoms with Gasteiger partial charge in [-0.2, -0.15) is 0 Å². The number of carbonyl (C=O) groups is 2. The molecule has 0 bridgehead atoms. The van der Waals surface area contributed by atoms with E-state index >= 15 is 0 Å². The number of halogens is 1. The molecule has 1 aromatic rings. The molecule has 1 aromatic heterocycles. The second-order valence-corrected chi connectivity index (χ2v) is 4.93. The number of hydrogen-bond acceptors (Lipinski definition) is 4. The number of nitrogens with zero attached hydrogens (tertiary/aromatic N) is 3. The highest BCUT2D eigenvalue weighted by Crippen LogP contribution is 2.10. The molecule has 2 rings (SSSR count). The topological polar surface area (TPSA) is 75.2 Å². The largest absolute Gasteiger partial charge is 0.346 e. The van der Waals surface area contributed by atoms with Crippen LogP contribution in [0.3, 0.4) is 0 Å². The average molecular weight is 283 g/mol. The van der Waals surface area contributed by atoms with Crippen molar-refractivity contribution in [3.8, 4) is 0 Å². The van der Waals surface area contributed by atoms with Gasteiger partial charge in [0.1, 0.15) is 10.8 Å². The van der Waals surface area contributed by atoms with Crippen molar-refractivity contribution in [2.45, 2.75) is 25.8 Å². The Balaban J connectivity index is 1.87. The third kappa shape index (κ3) is 3.64. The van der Waals surface area contributed by atoms with Crippen LogP contribution in [0.1, 0.15) is 30.3 Å². The maximum absolute atomic E-state index is 11.9. The Hall–Kier alpha value is -1.69. The third-order valence-corrected chi connectivity index (χ3v) is 3.09. The highest BCUT2D eigenvalue weighted by Gasteiger charge is 2.22. The Morgan fingerprint density at radius 2 is 2.32 bits per heavy atom. The van der Waals surface area contributed by atoms with E-state index in [0.29, 0.717) is 13.0 Å². The first kappa shape index (κ1) is 13.7. The number of nitrogens with one attached hydrogen (secondary N) is 1. The van der Waals surface area contributed by atoms with Crippen LogP contribution >= 0.6 is 11.6 Å². The van der Waals surface area contributed by atoms with Gasteiger partial charge in [0.05, 0.1) is 12.4 Å². The van der Waals surface area contributed by atoms with Crippen molar-refractivity contribution in [3.63, 3.8) is 0 Å². The van der Waals surface area contributed by atoms with Gasteiger partial charge in [0.15, 0.2) is 0 Å². The van der Waals surface area contributed by atoms with Crippen molar-refractivity contribution in [3.05, 3.63) is 23.2 Å². The van der Waals surface area contributed by atoms with E-state index in [-0.39, 0.29) is 28.7 Å². The van der Waals surface area contributed by atoms with Crippen LogP contribution < -0.4 is 5.32 Å². The summed E-state index contributed by atoms with van der Waals surface area (Å²) < 4.78 is 0. The Morgan fingerprint density at radius 3 is 2.89 bits per heavy atom. The van der Waals surface area contributed by atoms with Crippen molar-refractivity contribution in [2.75, 3.05) is 13.1 Å². The van der Waals surface area contributed by atoms with Gasteiger partial charge in [0, 0.05) is 25.6 Å². The Labute approximate surface area is 116 Å². The zero-order chi connectivity index (χ0) is 13.8. The van der Waals surface area contributed by atoms with E-state index < -0.39 is 0 Å². The molecule has 1 unspecified atom stereocenters. The third-order valence-electron chi connectivity index (χ3n) is 2.90. The van der Waals surface area contributed by atoms with Crippen molar-refractivity contribution >= 4 is 23.4 Å². The van der Waals surface area contributed by atoms with Gasteiger partial charge in [-0.15, -0.1) is 0 Å². The summed E-state index contributed by atoms with van der Waals surface area (Å²) in [6.45, 7) is 3.14. The van der Waals surface area contributed by atoms with Gasteiger partial charge in [-0.3, -0.25) is 9.59 Å². The van der Waals surface area contributed by atoms with Crippen LogP contribution in [0.4, 0.5) is 0 Å². The lowest BCUT2D eigenvalue weighted by Crippen LogP contribution is -2.42. The summed E-state index contributed by atoms with van der Waals surface area (Å²) in [4.78, 5) is 32.8. The zero-order valence-electron chi connectivity index (χ0n) is 10.6. The predicted octanol–water partition coefficient (Wildman–Crippen LogP) is 0.871. The Bertz CT molecular complexity index is 477. The fourth-order valence-corrected chi connectivity index (χ4v) is 2.10. The quantitative estimate of drug-likeness (QED) is 0.889. The molecule has 2 amide bonds. The van der Waals surface area contributed by atoms with E-state index in [1.165, 1.54) is 12.4 Å². The fourth-order valence-electron chi connectivity index (χ4n) is 2.00. The van der Waals surface area contributed by atoms with Crippen LogP contribution in [0.25, 0.3) is 0 Å². The smallest absolute Gasteiger partial charge is 0.271 e. The molecule has 1 saturated heterocycles. The van der Waals surface area contributed by atoms with Gasteiger partial charge in [-0.25, -0.2) is 9.97 Å². The average Bonchev–Trinajstić information content (AvgIpc) is 2.75. The normalized spacial score (nSPS) is 16.5. The van der Waals surface area contributed by atoms with Gasteiger partial charge in [0.2, 0.25) is 5.91 Å². The first-order valence-corrected chi connectivity index (χ1v) is 6.50. The second kappa shape index (κ2) is 5.97. The van der Waals surface area contributed by atoms with E-state index in [0.717, 1.165) is 13.0 Å². The molecule has 0 aromatic carbocycles. The summed E-state index contributed by atoms with van der Waals surface area (Å²) >= 11 is 5.60. The summed E-state index contributed by atoms with van der Waals surface area (Å²) in [5.74, 6) is -0.171. The van der Waals surface area contributed by atoms with E-state index in [2.05, 4.69) is 15.3 Å². The van der Waals surface area contributed by atoms with Crippen molar-refractivity contribution < 1.29 is 9.59 Å². The molecule has 0 spiro atoms. The molecule has 1 fully saturated rings. The zero-order valence-corrected chi connectivity index (χ0v) is 11.4. The molecule has 102 valence electrons. The van der Waals surface area contributed by atoms with Crippen molar-refractivity contribution in [1.82, 2.24) is 20.2 Å². The lowest BCUT2D eigenvalue weighted by atomic mass is 10.3. The van der Waals surface area contributed by atoms with Crippen molar-refractivity contribution in [2.24, 2.45) is 0 Å². The molecule has 2 heterocycles. The number of carbonyl (C=O) groups excluding carboxylic acids is 2. The SMILES string of the molecule is CC(CN1CCCC1=O)NC(=O)c1cnc(Cl)cn1. The molecule has 19 heavy (non-hydrogen) atoms. The number of hydrogen-bond donors (Lipinski definition) is 1. The summed E-state index contributed by atoms with van der Waals surface area (Å²) in [5.41, 5.74) is 0.212. The van der Waals surface area contributed by atoms with Crippen LogP contribution in [0.2, 0.25) is 5.15 Å². The van der Waals surface area contributed by atoms with E-state index in [9.17, 15) is 9.59 Å². The second-order valence-electron chi connectivity index (χ2n) is 4.54. The predicted molar refractivity (Wildman–Crippen MR) is 69.8 cm³/mol. The highest BCUT2D eigenvalue weighted by atomic mass is 35.5. The van der Waals surface area contributed by atoms with Gasteiger partial charge < -0.3 is 10.2 Å². The van der Waals surface area contributed by atoms with Gasteiger partial charge in [0.25, 0.3) is 5.91 Å². The number of likely N-dealkylation sites (tertiary alicyclic amines) is 1. The maximum atomic E-state index is 11.9. The van der Waals surface area contributed by atoms with E-state index in [1.807, 2.05) is 6.92 Å². The molecule has 0 saturated carbocycles. The fraction of sp³-hybridized carbons (Fsp3) is 0.500. The summed E-state index contributed by atoms with van der Waals surface area (Å²) in [7, 11) is 0. The molecular weight excluding hydrogens is 268 g/mol. The number of aromatic nitrogens is 2. The molecule has 1 aliphatic heterocycles. The van der Waals surface area contributed by atoms with Crippen LogP contribution in [0.15, 0.2) is 12.4 Å². The standard InChI is InChI=1S/C12H15ClN4O2/c1-8(7-17-4-2-3-11(17)18)16-12(19)9-5-15-10(13)6-14-9/h5-6,8H,2-4,7H2,1H3,(H,16,19). The molecule has 7 heteroatoms. The molecule has 1 aliphatic rings. The lowest BCUT2D eigenvalue weighted by molar-refractivity contribution is -0.127. The minimum atomic E-state index is -0.316. The van der Waals surface area contributed by atoms with Crippen LogP contribution in [-0.2, 0) is 4.79 Å². The molecule has 6 nitrogen and oxygen atoms in total. The maximum Gasteiger partial charge on any atom is 0.271 e. The summed E-state index contributed by atoms with van der Waals surface area (Å²) in [6.07, 6.45) is 4.14. The monoisotopic (exact) mass is 282 g/mol. The van der Waals surface area contributed by atoms with Gasteiger partial charge in [-0.1, -0.05) is 11.6 Å². The molecule has 1 atom stereocenters. The van der Waals surface area contributed by atoms with Crippen molar-refractivity contribution in [1.29, 1.82) is 0 Å². The molecule has 0 aliphatic carbocycles. The molecule has 0 radical (unpaired) electrons. The lowest BCUT2D eigenvalue weighted by Gasteiger charge is -2.21. The molecular formula is C12H15ClN4O2. The van der Waals surface area contributed by atoms with Crippen LogP contribution in [0, 0.1) is 0 Å². The Morgan fingerprint density at radius 1 is 1.53 bits per heavy atom. The highest BCUT2D eigenvalue weighted by molar-refractivity contribution is 6.29. The first-order valence-electron chi connectivity index (χ1n) is 6.12. The van der Waals surface area contributed by atoms with Gasteiger partial charge >= 0.3 is 0 Å². The molecule has 1 N–H and O–H groups in total. The van der Waals surface area contributed by atoms with Crippen LogP contribution in [0.5, 0.6) is 0 Å². The summed E-state index contributed by atoms with van der Waals surface area (Å²) in [5, 5.41) is 3.03. The Kier molecular flexibility index (Phi) is 4.31. The summed E-state index contributed by atoms with van der Waals surface area (Å²) in [6, 6.07) is -0.132. The number of rotatable bonds is 4. The first-order chi connectivity index (χ1) is 9.06. The van der Waals surface area contributed by atoms with Crippen LogP contribution in [-0.4, -0.2) is 45.8 Å².